The van der Waals surface area contributed by atoms with Crippen LogP contribution in [0.4, 0.5) is 0 Å². The molecule has 1 fully saturated rings. The molecule has 1 aromatic carbocycles. The van der Waals surface area contributed by atoms with Gasteiger partial charge in [0, 0.05) is 18.1 Å². The molecule has 0 aromatic heterocycles. The van der Waals surface area contributed by atoms with E-state index in [0.717, 1.165) is 36.0 Å². The molecule has 0 spiro atoms. The Morgan fingerprint density at radius 3 is 2.50 bits per heavy atom. The van der Waals surface area contributed by atoms with E-state index in [4.69, 9.17) is 4.74 Å². The Bertz CT molecular complexity index is 433. The first-order valence-corrected chi connectivity index (χ1v) is 7.24. The second-order valence-electron chi connectivity index (χ2n) is 4.76. The molecule has 2 N–H and O–H groups in total. The highest BCUT2D eigenvalue weighted by atomic mass is 79.9. The van der Waals surface area contributed by atoms with Crippen molar-refractivity contribution < 1.29 is 9.53 Å². The fraction of sp³-hybridized carbons (Fsp3) is 0.500. The summed E-state index contributed by atoms with van der Waals surface area (Å²) in [6.07, 6.45) is 1.44. The van der Waals surface area contributed by atoms with Crippen molar-refractivity contribution in [3.8, 4) is 0 Å². The van der Waals surface area contributed by atoms with Gasteiger partial charge in [0.05, 0.1) is 0 Å². The Hall–Kier alpha value is -0.620. The molecule has 1 aliphatic rings. The number of rotatable bonds is 4. The van der Waals surface area contributed by atoms with E-state index in [1.807, 2.05) is 24.3 Å². The lowest BCUT2D eigenvalue weighted by molar-refractivity contribution is -0.146. The van der Waals surface area contributed by atoms with Crippen LogP contribution in [-0.4, -0.2) is 31.7 Å². The van der Waals surface area contributed by atoms with Crippen molar-refractivity contribution >= 4 is 34.2 Å². The number of nitrogens with one attached hydrogen (secondary N) is 2. The zero-order chi connectivity index (χ0) is 13.7. The normalized spacial score (nSPS) is 17.1. The summed E-state index contributed by atoms with van der Waals surface area (Å²) in [7, 11) is 1.62. The van der Waals surface area contributed by atoms with Crippen LogP contribution in [0.2, 0.25) is 0 Å². The topological polar surface area (TPSA) is 50.4 Å². The van der Waals surface area contributed by atoms with Gasteiger partial charge in [-0.2, -0.15) is 0 Å². The third kappa shape index (κ3) is 4.19. The van der Waals surface area contributed by atoms with E-state index in [9.17, 15) is 4.79 Å². The van der Waals surface area contributed by atoms with Crippen molar-refractivity contribution in [3.05, 3.63) is 34.3 Å². The predicted molar refractivity (Wildman–Crippen MR) is 85.1 cm³/mol. The number of benzene rings is 1. The van der Waals surface area contributed by atoms with Crippen LogP contribution in [0.3, 0.4) is 0 Å². The third-order valence-electron chi connectivity index (χ3n) is 3.58. The number of carbonyl (C=O) groups excluding carboxylic acids is 1. The van der Waals surface area contributed by atoms with Gasteiger partial charge >= 0.3 is 0 Å². The summed E-state index contributed by atoms with van der Waals surface area (Å²) in [6.45, 7) is 2.17. The maximum Gasteiger partial charge on any atom is 0.252 e. The summed E-state index contributed by atoms with van der Waals surface area (Å²) in [4.78, 5) is 12.3. The first-order valence-electron chi connectivity index (χ1n) is 6.45. The Balaban J connectivity index is 0.00000200. The summed E-state index contributed by atoms with van der Waals surface area (Å²) in [5, 5.41) is 6.22. The molecule has 2 rings (SSSR count). The Labute approximate surface area is 134 Å². The number of amides is 1. The molecule has 0 saturated carbocycles. The van der Waals surface area contributed by atoms with Gasteiger partial charge in [-0.05, 0) is 43.6 Å². The molecule has 1 amide bonds. The fourth-order valence-corrected chi connectivity index (χ4v) is 2.56. The molecule has 1 heterocycles. The highest BCUT2D eigenvalue weighted by molar-refractivity contribution is 9.10. The van der Waals surface area contributed by atoms with Gasteiger partial charge in [0.1, 0.15) is 5.60 Å². The minimum Gasteiger partial charge on any atom is -0.368 e. The monoisotopic (exact) mass is 362 g/mol. The van der Waals surface area contributed by atoms with Gasteiger partial charge in [0.25, 0.3) is 5.91 Å². The Kier molecular flexibility index (Phi) is 6.95. The number of piperidine rings is 1. The lowest BCUT2D eigenvalue weighted by Gasteiger charge is -2.34. The van der Waals surface area contributed by atoms with Crippen LogP contribution in [0.1, 0.15) is 18.4 Å². The van der Waals surface area contributed by atoms with E-state index in [-0.39, 0.29) is 18.3 Å². The molecule has 0 radical (unpaired) electrons. The lowest BCUT2D eigenvalue weighted by atomic mass is 9.91. The Morgan fingerprint density at radius 1 is 1.35 bits per heavy atom. The van der Waals surface area contributed by atoms with Crippen molar-refractivity contribution in [3.63, 3.8) is 0 Å². The average Bonchev–Trinajstić information content (AvgIpc) is 2.47. The minimum absolute atomic E-state index is 0. The predicted octanol–water partition coefficient (Wildman–Crippen LogP) is 2.26. The molecule has 112 valence electrons. The van der Waals surface area contributed by atoms with Crippen LogP contribution in [0.25, 0.3) is 0 Å². The van der Waals surface area contributed by atoms with Crippen molar-refractivity contribution in [2.24, 2.45) is 0 Å². The first kappa shape index (κ1) is 17.4. The molecule has 1 aromatic rings. The van der Waals surface area contributed by atoms with E-state index < -0.39 is 5.60 Å². The molecule has 20 heavy (non-hydrogen) atoms. The summed E-state index contributed by atoms with van der Waals surface area (Å²) in [6, 6.07) is 7.93. The number of ether oxygens (including phenoxy) is 1. The summed E-state index contributed by atoms with van der Waals surface area (Å²) >= 11 is 3.39. The van der Waals surface area contributed by atoms with Gasteiger partial charge in [0.2, 0.25) is 0 Å². The highest BCUT2D eigenvalue weighted by Gasteiger charge is 2.39. The quantitative estimate of drug-likeness (QED) is 0.863. The maximum absolute atomic E-state index is 12.3. The molecule has 0 bridgehead atoms. The summed E-state index contributed by atoms with van der Waals surface area (Å²) in [5.74, 6) is -0.0144. The van der Waals surface area contributed by atoms with Crippen LogP contribution < -0.4 is 10.6 Å². The SMILES string of the molecule is COC1(C(=O)NCc2ccc(Br)cc2)CCNCC1.Cl. The van der Waals surface area contributed by atoms with E-state index in [0.29, 0.717) is 6.54 Å². The van der Waals surface area contributed by atoms with Crippen molar-refractivity contribution in [1.82, 2.24) is 10.6 Å². The molecular weight excluding hydrogens is 344 g/mol. The van der Waals surface area contributed by atoms with Gasteiger partial charge in [-0.25, -0.2) is 0 Å². The van der Waals surface area contributed by atoms with Crippen LogP contribution in [0.15, 0.2) is 28.7 Å². The number of methoxy groups -OCH3 is 1. The van der Waals surface area contributed by atoms with Crippen molar-refractivity contribution in [2.45, 2.75) is 25.0 Å². The van der Waals surface area contributed by atoms with Crippen LogP contribution in [0, 0.1) is 0 Å². The zero-order valence-corrected chi connectivity index (χ0v) is 13.9. The van der Waals surface area contributed by atoms with Gasteiger partial charge in [-0.3, -0.25) is 4.79 Å². The third-order valence-corrected chi connectivity index (χ3v) is 4.11. The number of halogens is 2. The summed E-state index contributed by atoms with van der Waals surface area (Å²) in [5.41, 5.74) is 0.414. The average molecular weight is 364 g/mol. The highest BCUT2D eigenvalue weighted by Crippen LogP contribution is 2.22. The van der Waals surface area contributed by atoms with E-state index >= 15 is 0 Å². The molecule has 0 aliphatic carbocycles. The molecule has 6 heteroatoms. The van der Waals surface area contributed by atoms with Crippen molar-refractivity contribution in [2.75, 3.05) is 20.2 Å². The van der Waals surface area contributed by atoms with E-state index in [1.165, 1.54) is 0 Å². The molecule has 1 aliphatic heterocycles. The van der Waals surface area contributed by atoms with Gasteiger partial charge in [-0.15, -0.1) is 12.4 Å². The standard InChI is InChI=1S/C14H19BrN2O2.ClH/c1-19-14(6-8-16-9-7-14)13(18)17-10-11-2-4-12(15)5-3-11;/h2-5,16H,6-10H2,1H3,(H,17,18);1H. The van der Waals surface area contributed by atoms with Gasteiger partial charge in [-0.1, -0.05) is 28.1 Å². The van der Waals surface area contributed by atoms with E-state index in [1.54, 1.807) is 7.11 Å². The van der Waals surface area contributed by atoms with Crippen molar-refractivity contribution in [1.29, 1.82) is 0 Å². The number of carbonyl (C=O) groups is 1. The molecule has 1 saturated heterocycles. The molecule has 0 atom stereocenters. The number of hydrogen-bond acceptors (Lipinski definition) is 3. The lowest BCUT2D eigenvalue weighted by Crippen LogP contribution is -2.53. The van der Waals surface area contributed by atoms with Crippen LogP contribution in [-0.2, 0) is 16.1 Å². The second-order valence-corrected chi connectivity index (χ2v) is 5.67. The first-order chi connectivity index (χ1) is 9.16. The number of hydrogen-bond donors (Lipinski definition) is 2. The summed E-state index contributed by atoms with van der Waals surface area (Å²) < 4.78 is 6.52. The minimum atomic E-state index is -0.666. The van der Waals surface area contributed by atoms with Crippen LogP contribution in [0.5, 0.6) is 0 Å². The molecule has 4 nitrogen and oxygen atoms in total. The smallest absolute Gasteiger partial charge is 0.252 e. The maximum atomic E-state index is 12.3. The van der Waals surface area contributed by atoms with E-state index in [2.05, 4.69) is 26.6 Å². The van der Waals surface area contributed by atoms with Crippen LogP contribution >= 0.6 is 28.3 Å². The second kappa shape index (κ2) is 7.98. The molecule has 0 unspecified atom stereocenters. The van der Waals surface area contributed by atoms with Gasteiger partial charge in [0.15, 0.2) is 0 Å². The largest absolute Gasteiger partial charge is 0.368 e. The van der Waals surface area contributed by atoms with Gasteiger partial charge < -0.3 is 15.4 Å². The molecular formula is C14H20BrClN2O2. The Morgan fingerprint density at radius 2 is 1.95 bits per heavy atom. The fourth-order valence-electron chi connectivity index (χ4n) is 2.30. The zero-order valence-electron chi connectivity index (χ0n) is 11.4.